The number of aromatic nitrogens is 4. The fourth-order valence-electron chi connectivity index (χ4n) is 9.54. The highest BCUT2D eigenvalue weighted by Gasteiger charge is 2.24. The van der Waals surface area contributed by atoms with Crippen LogP contribution in [-0.4, -0.2) is 19.9 Å². The molecule has 68 heavy (non-hydrogen) atoms. The van der Waals surface area contributed by atoms with Gasteiger partial charge in [-0.2, -0.15) is 0 Å². The predicted octanol–water partition coefficient (Wildman–Crippen LogP) is 17.1. The number of nitrogens with one attached hydrogen (secondary N) is 1. The predicted molar refractivity (Wildman–Crippen MR) is 286 cm³/mol. The molecule has 0 aliphatic carbocycles. The Morgan fingerprint density at radius 1 is 0.441 bits per heavy atom. The van der Waals surface area contributed by atoms with Gasteiger partial charge in [0.15, 0.2) is 0 Å². The van der Waals surface area contributed by atoms with Gasteiger partial charge in [-0.15, -0.1) is 0 Å². The van der Waals surface area contributed by atoms with Crippen LogP contribution in [0.5, 0.6) is 0 Å². The number of rotatable bonds is 8. The summed E-state index contributed by atoms with van der Waals surface area (Å²) in [4.78, 5) is 21.6. The van der Waals surface area contributed by atoms with E-state index in [2.05, 4.69) is 238 Å². The van der Waals surface area contributed by atoms with Gasteiger partial charge in [-0.3, -0.25) is 9.88 Å². The Morgan fingerprint density at radius 2 is 1.13 bits per heavy atom. The monoisotopic (exact) mass is 879 g/mol. The summed E-state index contributed by atoms with van der Waals surface area (Å²) >= 11 is 0. The van der Waals surface area contributed by atoms with Crippen molar-refractivity contribution in [2.24, 2.45) is 0 Å². The summed E-state index contributed by atoms with van der Waals surface area (Å²) in [7, 11) is 0. The molecule has 4 heterocycles. The number of hydrogen-bond acceptors (Lipinski definition) is 4. The molecular formula is C63H53N5. The van der Waals surface area contributed by atoms with Crippen LogP contribution in [-0.2, 0) is 10.8 Å². The first-order valence-corrected chi connectivity index (χ1v) is 23.5. The molecule has 11 rings (SSSR count). The molecule has 0 saturated heterocycles. The maximum absolute atomic E-state index is 5.76. The maximum Gasteiger partial charge on any atom is 0.137 e. The second kappa shape index (κ2) is 16.9. The van der Waals surface area contributed by atoms with Crippen LogP contribution in [0.2, 0.25) is 0 Å². The second-order valence-electron chi connectivity index (χ2n) is 19.9. The van der Waals surface area contributed by atoms with E-state index in [0.29, 0.717) is 0 Å². The first-order chi connectivity index (χ1) is 33.0. The van der Waals surface area contributed by atoms with Gasteiger partial charge in [-0.1, -0.05) is 151 Å². The van der Waals surface area contributed by atoms with E-state index in [9.17, 15) is 0 Å². The van der Waals surface area contributed by atoms with Crippen LogP contribution in [0.3, 0.4) is 0 Å². The first-order valence-electron chi connectivity index (χ1n) is 23.5. The zero-order valence-corrected chi connectivity index (χ0v) is 39.4. The van der Waals surface area contributed by atoms with Crippen molar-refractivity contribution in [3.63, 3.8) is 0 Å². The molecule has 0 aliphatic heterocycles. The Kier molecular flexibility index (Phi) is 10.6. The number of benzene rings is 7. The molecule has 0 radical (unpaired) electrons. The summed E-state index contributed by atoms with van der Waals surface area (Å²) in [6, 6.07) is 67.5. The standard InChI is InChI=1S/C63H53N5/c1-62(2,3)47-27-28-56-52(37-47)53-38-48(63(4,5)6)39-54(61(53)67-56)58-36-45(50-24-17-22-43-29-31-64-40-55(43)50)35-57(66-58)46-32-44(41-18-9-7-10-19-41)33-49(34-46)68(60-26-15-16-30-65-60)59-25-14-13-23-51(59)42-20-11-8-12-21-42/h7-40,67H,1-6H3. The molecule has 0 unspecified atom stereocenters. The summed E-state index contributed by atoms with van der Waals surface area (Å²) in [5.74, 6) is 0.813. The van der Waals surface area contributed by atoms with Crippen LogP contribution in [0.25, 0.3) is 88.5 Å². The summed E-state index contributed by atoms with van der Waals surface area (Å²) in [6.45, 7) is 13.7. The van der Waals surface area contributed by atoms with Crippen LogP contribution in [0.1, 0.15) is 52.7 Å². The average molecular weight is 880 g/mol. The molecule has 0 amide bonds. The zero-order chi connectivity index (χ0) is 46.6. The van der Waals surface area contributed by atoms with Crippen LogP contribution in [0.15, 0.2) is 207 Å². The smallest absolute Gasteiger partial charge is 0.137 e. The Labute approximate surface area is 398 Å². The van der Waals surface area contributed by atoms with Gasteiger partial charge in [0.05, 0.1) is 22.6 Å². The molecule has 4 aromatic heterocycles. The molecule has 0 aliphatic rings. The van der Waals surface area contributed by atoms with Crippen molar-refractivity contribution in [2.75, 3.05) is 4.90 Å². The normalized spacial score (nSPS) is 12.0. The first kappa shape index (κ1) is 42.5. The van der Waals surface area contributed by atoms with Gasteiger partial charge in [-0.05, 0) is 134 Å². The van der Waals surface area contributed by atoms with Crippen molar-refractivity contribution in [3.8, 4) is 55.9 Å². The fourth-order valence-corrected chi connectivity index (χ4v) is 9.54. The Balaban J connectivity index is 1.21. The topological polar surface area (TPSA) is 57.7 Å². The summed E-state index contributed by atoms with van der Waals surface area (Å²) in [5.41, 5.74) is 17.0. The zero-order valence-electron chi connectivity index (χ0n) is 39.4. The molecule has 0 bridgehead atoms. The van der Waals surface area contributed by atoms with Crippen LogP contribution in [0.4, 0.5) is 17.2 Å². The molecule has 0 saturated carbocycles. The summed E-state index contributed by atoms with van der Waals surface area (Å²) in [6.07, 6.45) is 5.72. The third-order valence-corrected chi connectivity index (χ3v) is 13.2. The summed E-state index contributed by atoms with van der Waals surface area (Å²) < 4.78 is 0. The number of anilines is 3. The van der Waals surface area contributed by atoms with Gasteiger partial charge in [0.2, 0.25) is 0 Å². The van der Waals surface area contributed by atoms with E-state index in [4.69, 9.17) is 9.97 Å². The minimum absolute atomic E-state index is 0.00325. The van der Waals surface area contributed by atoms with Crippen molar-refractivity contribution in [3.05, 3.63) is 218 Å². The Morgan fingerprint density at radius 3 is 1.90 bits per heavy atom. The van der Waals surface area contributed by atoms with E-state index >= 15 is 0 Å². The molecule has 5 heteroatoms. The van der Waals surface area contributed by atoms with E-state index in [1.807, 2.05) is 24.7 Å². The number of hydrogen-bond donors (Lipinski definition) is 1. The van der Waals surface area contributed by atoms with Crippen molar-refractivity contribution < 1.29 is 0 Å². The van der Waals surface area contributed by atoms with Gasteiger partial charge in [0.25, 0.3) is 0 Å². The van der Waals surface area contributed by atoms with E-state index in [1.165, 1.54) is 21.9 Å². The van der Waals surface area contributed by atoms with Crippen LogP contribution < -0.4 is 4.90 Å². The largest absolute Gasteiger partial charge is 0.354 e. The number of fused-ring (bicyclic) bond motifs is 4. The van der Waals surface area contributed by atoms with Gasteiger partial charge >= 0.3 is 0 Å². The summed E-state index contributed by atoms with van der Waals surface area (Å²) in [5, 5.41) is 4.65. The molecule has 330 valence electrons. The fraction of sp³-hybridized carbons (Fsp3) is 0.127. The molecule has 7 aromatic carbocycles. The maximum atomic E-state index is 5.76. The highest BCUT2D eigenvalue weighted by molar-refractivity contribution is 6.12. The number of aromatic amines is 1. The van der Waals surface area contributed by atoms with Crippen molar-refractivity contribution in [2.45, 2.75) is 52.4 Å². The van der Waals surface area contributed by atoms with Gasteiger partial charge in [-0.25, -0.2) is 9.97 Å². The lowest BCUT2D eigenvalue weighted by Crippen LogP contribution is -2.13. The molecular weight excluding hydrogens is 827 g/mol. The van der Waals surface area contributed by atoms with Crippen molar-refractivity contribution >= 4 is 49.8 Å². The van der Waals surface area contributed by atoms with Crippen LogP contribution in [0, 0.1) is 0 Å². The van der Waals surface area contributed by atoms with Crippen molar-refractivity contribution in [1.29, 1.82) is 0 Å². The number of H-pyrrole nitrogens is 1. The molecule has 0 atom stereocenters. The molecule has 0 fully saturated rings. The SMILES string of the molecule is CC(C)(C)c1ccc2[nH]c3c(-c4cc(-c5cccc6ccncc56)cc(-c5cc(-c6ccccc6)cc(N(c6ccccn6)c6ccccc6-c6ccccc6)c5)n4)cc(C(C)(C)C)cc3c2c1. The number of pyridine rings is 3. The van der Waals surface area contributed by atoms with Crippen LogP contribution >= 0.6 is 0 Å². The lowest BCUT2D eigenvalue weighted by molar-refractivity contribution is 0.590. The minimum Gasteiger partial charge on any atom is -0.354 e. The molecule has 11 aromatic rings. The Bertz CT molecular complexity index is 3630. The van der Waals surface area contributed by atoms with Crippen molar-refractivity contribution in [1.82, 2.24) is 19.9 Å². The van der Waals surface area contributed by atoms with Gasteiger partial charge in [0, 0.05) is 62.6 Å². The average Bonchev–Trinajstić information content (AvgIpc) is 3.74. The highest BCUT2D eigenvalue weighted by atomic mass is 15.2. The van der Waals surface area contributed by atoms with Gasteiger partial charge < -0.3 is 4.98 Å². The Hall–Kier alpha value is -8.15. The second-order valence-corrected chi connectivity index (χ2v) is 19.9. The number of para-hydroxylation sites is 1. The quantitative estimate of drug-likeness (QED) is 0.165. The molecule has 5 nitrogen and oxygen atoms in total. The highest BCUT2D eigenvalue weighted by Crippen LogP contribution is 2.45. The molecule has 0 spiro atoms. The third-order valence-electron chi connectivity index (χ3n) is 13.2. The van der Waals surface area contributed by atoms with E-state index < -0.39 is 0 Å². The lowest BCUT2D eigenvalue weighted by Gasteiger charge is -2.28. The minimum atomic E-state index is -0.125. The van der Waals surface area contributed by atoms with E-state index in [1.54, 1.807) is 0 Å². The van der Waals surface area contributed by atoms with E-state index in [-0.39, 0.29) is 10.8 Å². The number of nitrogens with zero attached hydrogens (tertiary/aromatic N) is 4. The van der Waals surface area contributed by atoms with E-state index in [0.717, 1.165) is 94.9 Å². The molecule has 1 N–H and O–H groups in total. The lowest BCUT2D eigenvalue weighted by atomic mass is 9.83. The third kappa shape index (κ3) is 8.00. The van der Waals surface area contributed by atoms with Gasteiger partial charge in [0.1, 0.15) is 5.82 Å².